The number of sulfonamides is 1. The van der Waals surface area contributed by atoms with Gasteiger partial charge in [-0.1, -0.05) is 30.3 Å². The summed E-state index contributed by atoms with van der Waals surface area (Å²) in [5, 5.41) is 22.9. The quantitative estimate of drug-likeness (QED) is 0.131. The third-order valence-electron chi connectivity index (χ3n) is 6.41. The number of halogens is 1. The minimum atomic E-state index is -4.17. The standard InChI is InChI=1S/C32H25FN2O7S2/c1-19-13-20(15-25(14-19)35-44(40,41)29-11-12-43-30(29)32(38)39)18-42-28-10-7-24(17-27(28)33)34-31(37)23-4-2-3-22(16-23)21-5-8-26(36)9-6-21/h2-17,35-36H,18H2,1H3,(H,34,37)(H,38,39). The van der Waals surface area contributed by atoms with Crippen molar-refractivity contribution >= 4 is 44.6 Å². The summed E-state index contributed by atoms with van der Waals surface area (Å²) in [7, 11) is -4.17. The van der Waals surface area contributed by atoms with Crippen LogP contribution in [0.15, 0.2) is 101 Å². The number of hydrogen-bond donors (Lipinski definition) is 4. The van der Waals surface area contributed by atoms with Crippen LogP contribution in [0.5, 0.6) is 11.5 Å². The molecule has 12 heteroatoms. The molecule has 0 saturated heterocycles. The molecule has 0 aliphatic carbocycles. The van der Waals surface area contributed by atoms with Gasteiger partial charge in [-0.3, -0.25) is 9.52 Å². The van der Waals surface area contributed by atoms with Crippen molar-refractivity contribution in [3.63, 3.8) is 0 Å². The van der Waals surface area contributed by atoms with Gasteiger partial charge in [-0.25, -0.2) is 17.6 Å². The minimum Gasteiger partial charge on any atom is -0.508 e. The number of aromatic carboxylic acids is 1. The Morgan fingerprint density at radius 1 is 0.909 bits per heavy atom. The normalized spacial score (nSPS) is 11.1. The molecule has 0 unspecified atom stereocenters. The molecule has 0 spiro atoms. The van der Waals surface area contributed by atoms with Crippen LogP contribution in [-0.4, -0.2) is 30.5 Å². The van der Waals surface area contributed by atoms with Crippen LogP contribution in [0.4, 0.5) is 15.8 Å². The van der Waals surface area contributed by atoms with Gasteiger partial charge in [0.05, 0.1) is 0 Å². The lowest BCUT2D eigenvalue weighted by Gasteiger charge is -2.13. The fraction of sp³-hybridized carbons (Fsp3) is 0.0625. The van der Waals surface area contributed by atoms with E-state index in [4.69, 9.17) is 4.74 Å². The highest BCUT2D eigenvalue weighted by Gasteiger charge is 2.24. The number of ether oxygens (including phenoxy) is 1. The summed E-state index contributed by atoms with van der Waals surface area (Å²) in [5.74, 6) is -2.44. The van der Waals surface area contributed by atoms with Crippen molar-refractivity contribution in [2.45, 2.75) is 18.4 Å². The summed E-state index contributed by atoms with van der Waals surface area (Å²) in [4.78, 5) is 23.6. The predicted octanol–water partition coefficient (Wildman–Crippen LogP) is 6.90. The number of rotatable bonds is 10. The van der Waals surface area contributed by atoms with Gasteiger partial charge in [-0.05, 0) is 89.2 Å². The Morgan fingerprint density at radius 3 is 2.41 bits per heavy atom. The molecule has 0 atom stereocenters. The molecule has 1 heterocycles. The Bertz CT molecular complexity index is 1970. The number of amides is 1. The van der Waals surface area contributed by atoms with Gasteiger partial charge in [-0.15, -0.1) is 11.3 Å². The molecule has 0 aliphatic heterocycles. The van der Waals surface area contributed by atoms with E-state index >= 15 is 0 Å². The summed E-state index contributed by atoms with van der Waals surface area (Å²) in [6.07, 6.45) is 0. The van der Waals surface area contributed by atoms with Gasteiger partial charge in [0.2, 0.25) is 0 Å². The molecule has 9 nitrogen and oxygen atoms in total. The molecule has 5 aromatic rings. The maximum absolute atomic E-state index is 14.9. The largest absolute Gasteiger partial charge is 0.508 e. The van der Waals surface area contributed by atoms with E-state index in [9.17, 15) is 32.6 Å². The fourth-order valence-corrected chi connectivity index (χ4v) is 6.74. The average molecular weight is 633 g/mol. The molecule has 0 fully saturated rings. The van der Waals surface area contributed by atoms with Crippen molar-refractivity contribution < 1.29 is 37.3 Å². The molecule has 0 saturated carbocycles. The molecule has 4 aromatic carbocycles. The molecule has 4 N–H and O–H groups in total. The fourth-order valence-electron chi connectivity index (χ4n) is 4.43. The summed E-state index contributed by atoms with van der Waals surface area (Å²) in [6.45, 7) is 1.65. The lowest BCUT2D eigenvalue weighted by molar-refractivity contribution is 0.0698. The van der Waals surface area contributed by atoms with E-state index in [0.29, 0.717) is 16.7 Å². The third kappa shape index (κ3) is 7.05. The SMILES string of the molecule is Cc1cc(COc2ccc(NC(=O)c3cccc(-c4ccc(O)cc4)c3)cc2F)cc(NS(=O)(=O)c2ccsc2C(=O)O)c1. The van der Waals surface area contributed by atoms with Gasteiger partial charge in [0.1, 0.15) is 22.1 Å². The molecular formula is C32H25FN2O7S2. The molecule has 1 amide bonds. The van der Waals surface area contributed by atoms with Crippen LogP contribution in [0.2, 0.25) is 0 Å². The van der Waals surface area contributed by atoms with Crippen molar-refractivity contribution in [2.75, 3.05) is 10.0 Å². The number of carbonyl (C=O) groups excluding carboxylic acids is 1. The number of aryl methyl sites for hydroxylation is 1. The molecule has 5 rings (SSSR count). The Kier molecular flexibility index (Phi) is 8.65. The van der Waals surface area contributed by atoms with Crippen LogP contribution < -0.4 is 14.8 Å². The lowest BCUT2D eigenvalue weighted by Crippen LogP contribution is -2.15. The zero-order chi connectivity index (χ0) is 31.4. The molecule has 0 bridgehead atoms. The van der Waals surface area contributed by atoms with Gasteiger partial charge in [0.25, 0.3) is 15.9 Å². The molecule has 44 heavy (non-hydrogen) atoms. The molecular weight excluding hydrogens is 607 g/mol. The smallest absolute Gasteiger partial charge is 0.347 e. The van der Waals surface area contributed by atoms with Crippen LogP contribution in [0.1, 0.15) is 31.2 Å². The summed E-state index contributed by atoms with van der Waals surface area (Å²) >= 11 is 0.807. The van der Waals surface area contributed by atoms with Crippen LogP contribution in [-0.2, 0) is 16.6 Å². The first-order chi connectivity index (χ1) is 21.0. The Balaban J connectivity index is 1.24. The van der Waals surface area contributed by atoms with Crippen molar-refractivity contribution in [3.05, 3.63) is 124 Å². The molecule has 224 valence electrons. The molecule has 0 radical (unpaired) electrons. The third-order valence-corrected chi connectivity index (χ3v) is 8.87. The number of carbonyl (C=O) groups is 2. The zero-order valence-electron chi connectivity index (χ0n) is 23.1. The van der Waals surface area contributed by atoms with E-state index in [-0.39, 0.29) is 39.3 Å². The van der Waals surface area contributed by atoms with E-state index in [1.807, 2.05) is 6.07 Å². The van der Waals surface area contributed by atoms with Crippen LogP contribution in [0, 0.1) is 12.7 Å². The van der Waals surface area contributed by atoms with Gasteiger partial charge < -0.3 is 20.3 Å². The van der Waals surface area contributed by atoms with Crippen molar-refractivity contribution in [3.8, 4) is 22.6 Å². The minimum absolute atomic E-state index is 0.0784. The van der Waals surface area contributed by atoms with Crippen molar-refractivity contribution in [2.24, 2.45) is 0 Å². The molecule has 0 aliphatic rings. The Hall–Kier alpha value is -5.20. The van der Waals surface area contributed by atoms with E-state index in [1.165, 1.54) is 29.6 Å². The van der Waals surface area contributed by atoms with Gasteiger partial charge in [-0.2, -0.15) is 0 Å². The second-order valence-electron chi connectivity index (χ2n) is 9.75. The average Bonchev–Trinajstić information content (AvgIpc) is 3.49. The van der Waals surface area contributed by atoms with Crippen molar-refractivity contribution in [1.29, 1.82) is 0 Å². The summed E-state index contributed by atoms with van der Waals surface area (Å²) in [5.41, 5.74) is 3.60. The monoisotopic (exact) mass is 632 g/mol. The van der Waals surface area contributed by atoms with Gasteiger partial charge in [0, 0.05) is 23.0 Å². The zero-order valence-corrected chi connectivity index (χ0v) is 24.7. The highest BCUT2D eigenvalue weighted by Crippen LogP contribution is 2.28. The summed E-state index contributed by atoms with van der Waals surface area (Å²) in [6, 6.07) is 23.5. The predicted molar refractivity (Wildman–Crippen MR) is 165 cm³/mol. The number of aromatic hydroxyl groups is 1. The number of carboxylic acid groups (broad SMARTS) is 1. The number of anilines is 2. The maximum Gasteiger partial charge on any atom is 0.347 e. The first-order valence-corrected chi connectivity index (χ1v) is 15.4. The van der Waals surface area contributed by atoms with Gasteiger partial charge >= 0.3 is 5.97 Å². The highest BCUT2D eigenvalue weighted by molar-refractivity contribution is 7.93. The first-order valence-electron chi connectivity index (χ1n) is 13.1. The second kappa shape index (κ2) is 12.6. The number of hydrogen-bond acceptors (Lipinski definition) is 7. The van der Waals surface area contributed by atoms with E-state index in [2.05, 4.69) is 10.0 Å². The van der Waals surface area contributed by atoms with Gasteiger partial charge in [0.15, 0.2) is 11.6 Å². The van der Waals surface area contributed by atoms with E-state index in [1.54, 1.807) is 61.5 Å². The van der Waals surface area contributed by atoms with Crippen molar-refractivity contribution in [1.82, 2.24) is 0 Å². The second-order valence-corrected chi connectivity index (χ2v) is 12.3. The molecule has 1 aromatic heterocycles. The topological polar surface area (TPSA) is 142 Å². The van der Waals surface area contributed by atoms with Crippen LogP contribution in [0.25, 0.3) is 11.1 Å². The Labute approximate surface area is 256 Å². The van der Waals surface area contributed by atoms with Crippen LogP contribution in [0.3, 0.4) is 0 Å². The highest BCUT2D eigenvalue weighted by atomic mass is 32.2. The first kappa shape index (κ1) is 30.3. The number of carboxylic acids is 1. The number of benzene rings is 4. The van der Waals surface area contributed by atoms with E-state index in [0.717, 1.165) is 28.5 Å². The lowest BCUT2D eigenvalue weighted by atomic mass is 10.0. The van der Waals surface area contributed by atoms with Crippen LogP contribution >= 0.6 is 11.3 Å². The van der Waals surface area contributed by atoms with E-state index < -0.39 is 27.7 Å². The number of nitrogens with one attached hydrogen (secondary N) is 2. The Morgan fingerprint density at radius 2 is 1.68 bits per heavy atom. The number of phenolic OH excluding ortho intramolecular Hbond substituents is 1. The number of phenols is 1. The maximum atomic E-state index is 14.9. The number of thiophene rings is 1. The summed E-state index contributed by atoms with van der Waals surface area (Å²) < 4.78 is 48.6.